The maximum atomic E-state index is 9.05. The van der Waals surface area contributed by atoms with Crippen molar-refractivity contribution in [2.75, 3.05) is 0 Å². The molecule has 1 aromatic carbocycles. The van der Waals surface area contributed by atoms with Gasteiger partial charge in [0.15, 0.2) is 0 Å². The Morgan fingerprint density at radius 2 is 2.00 bits per heavy atom. The molecule has 0 aliphatic carbocycles. The number of benzene rings is 1. The summed E-state index contributed by atoms with van der Waals surface area (Å²) in [6.45, 7) is 0. The fourth-order valence-corrected chi connectivity index (χ4v) is 1.01. The first kappa shape index (κ1) is 8.55. The molecule has 72 valence electrons. The van der Waals surface area contributed by atoms with E-state index in [-0.39, 0.29) is 5.75 Å². The van der Waals surface area contributed by atoms with E-state index in [4.69, 9.17) is 9.84 Å². The highest BCUT2D eigenvalue weighted by Gasteiger charge is 2.01. The first-order valence-corrected chi connectivity index (χ1v) is 4.07. The summed E-state index contributed by atoms with van der Waals surface area (Å²) >= 11 is 0. The van der Waals surface area contributed by atoms with Crippen LogP contribution in [0.4, 0.5) is 0 Å². The van der Waals surface area contributed by atoms with Crippen LogP contribution in [0.1, 0.15) is 0 Å². The lowest BCUT2D eigenvalue weighted by molar-refractivity contribution is 0.427. The largest absolute Gasteiger partial charge is 0.508 e. The predicted octanol–water partition coefficient (Wildman–Crippen LogP) is 1.31. The van der Waals surface area contributed by atoms with Gasteiger partial charge in [-0.1, -0.05) is 5.21 Å². The Morgan fingerprint density at radius 3 is 2.57 bits per heavy atom. The topological polar surface area (TPSA) is 60.2 Å². The van der Waals surface area contributed by atoms with Crippen molar-refractivity contribution in [3.05, 3.63) is 30.5 Å². The Kier molecular flexibility index (Phi) is 2.06. The van der Waals surface area contributed by atoms with Crippen LogP contribution in [0, 0.1) is 0 Å². The lowest BCUT2D eigenvalue weighted by Gasteiger charge is -2.03. The number of phenols is 1. The number of aromatic nitrogens is 3. The van der Waals surface area contributed by atoms with E-state index in [0.29, 0.717) is 11.6 Å². The minimum Gasteiger partial charge on any atom is -0.508 e. The Balaban J connectivity index is 2.19. The van der Waals surface area contributed by atoms with Crippen molar-refractivity contribution in [1.29, 1.82) is 0 Å². The first-order valence-electron chi connectivity index (χ1n) is 4.07. The number of rotatable bonds is 2. The number of nitrogens with zero attached hydrogens (tertiary/aromatic N) is 3. The van der Waals surface area contributed by atoms with Crippen LogP contribution in [0.2, 0.25) is 0 Å². The molecule has 0 aliphatic heterocycles. The van der Waals surface area contributed by atoms with Crippen LogP contribution >= 0.6 is 0 Å². The van der Waals surface area contributed by atoms with Gasteiger partial charge < -0.3 is 9.84 Å². The van der Waals surface area contributed by atoms with Gasteiger partial charge in [0, 0.05) is 7.05 Å². The molecule has 5 nitrogen and oxygen atoms in total. The molecule has 0 aliphatic rings. The monoisotopic (exact) mass is 191 g/mol. The average Bonchev–Trinajstić information content (AvgIpc) is 2.56. The third-order valence-electron chi connectivity index (χ3n) is 1.73. The zero-order valence-electron chi connectivity index (χ0n) is 7.58. The Labute approximate surface area is 80.6 Å². The van der Waals surface area contributed by atoms with Crippen molar-refractivity contribution in [1.82, 2.24) is 15.0 Å². The second-order valence-corrected chi connectivity index (χ2v) is 2.79. The molecule has 2 aromatic rings. The van der Waals surface area contributed by atoms with E-state index in [1.54, 1.807) is 31.3 Å². The average molecular weight is 191 g/mol. The minimum atomic E-state index is 0.209. The fourth-order valence-electron chi connectivity index (χ4n) is 1.01. The van der Waals surface area contributed by atoms with Gasteiger partial charge in [0.05, 0.1) is 0 Å². The smallest absolute Gasteiger partial charge is 0.237 e. The zero-order chi connectivity index (χ0) is 9.97. The van der Waals surface area contributed by atoms with E-state index in [2.05, 4.69) is 10.3 Å². The summed E-state index contributed by atoms with van der Waals surface area (Å²) in [4.78, 5) is 0. The second-order valence-electron chi connectivity index (χ2n) is 2.79. The van der Waals surface area contributed by atoms with E-state index >= 15 is 0 Å². The van der Waals surface area contributed by atoms with E-state index in [1.165, 1.54) is 10.9 Å². The summed E-state index contributed by atoms with van der Waals surface area (Å²) in [5, 5.41) is 16.4. The van der Waals surface area contributed by atoms with E-state index in [1.807, 2.05) is 0 Å². The van der Waals surface area contributed by atoms with Crippen molar-refractivity contribution < 1.29 is 9.84 Å². The molecule has 0 amide bonds. The molecule has 1 heterocycles. The number of aryl methyl sites for hydroxylation is 1. The summed E-state index contributed by atoms with van der Waals surface area (Å²) in [5.41, 5.74) is 0. The molecule has 5 heteroatoms. The molecule has 0 atom stereocenters. The standard InChI is InChI=1S/C9H9N3O2/c1-12-9(6-10-11-12)14-8-4-2-7(13)3-5-8/h2-6,13H,1H3. The summed E-state index contributed by atoms with van der Waals surface area (Å²) in [6.07, 6.45) is 1.52. The lowest BCUT2D eigenvalue weighted by atomic mass is 10.3. The number of phenolic OH excluding ortho intramolecular Hbond substituents is 1. The van der Waals surface area contributed by atoms with Crippen LogP contribution in [0.3, 0.4) is 0 Å². The molecule has 14 heavy (non-hydrogen) atoms. The molecule has 1 N–H and O–H groups in total. The SMILES string of the molecule is Cn1nncc1Oc1ccc(O)cc1. The third-order valence-corrected chi connectivity index (χ3v) is 1.73. The van der Waals surface area contributed by atoms with Crippen LogP contribution in [0.25, 0.3) is 0 Å². The van der Waals surface area contributed by atoms with Gasteiger partial charge in [-0.15, -0.1) is 5.10 Å². The maximum absolute atomic E-state index is 9.05. The summed E-state index contributed by atoms with van der Waals surface area (Å²) in [6, 6.07) is 6.45. The van der Waals surface area contributed by atoms with Crippen LogP contribution in [-0.4, -0.2) is 20.1 Å². The van der Waals surface area contributed by atoms with Gasteiger partial charge in [0.25, 0.3) is 0 Å². The highest BCUT2D eigenvalue weighted by atomic mass is 16.5. The normalized spacial score (nSPS) is 10.1. The van der Waals surface area contributed by atoms with Crippen molar-refractivity contribution >= 4 is 0 Å². The van der Waals surface area contributed by atoms with Gasteiger partial charge >= 0.3 is 0 Å². The highest BCUT2D eigenvalue weighted by molar-refractivity contribution is 5.32. The van der Waals surface area contributed by atoms with Gasteiger partial charge in [0.2, 0.25) is 5.88 Å². The molecule has 0 saturated carbocycles. The molecule has 0 fully saturated rings. The van der Waals surface area contributed by atoms with Gasteiger partial charge in [-0.3, -0.25) is 0 Å². The van der Waals surface area contributed by atoms with Crippen molar-refractivity contribution in [3.8, 4) is 17.4 Å². The van der Waals surface area contributed by atoms with Crippen molar-refractivity contribution in [2.45, 2.75) is 0 Å². The molecule has 0 unspecified atom stereocenters. The maximum Gasteiger partial charge on any atom is 0.237 e. The fraction of sp³-hybridized carbons (Fsp3) is 0.111. The molecule has 0 spiro atoms. The Bertz CT molecular complexity index is 422. The Hall–Kier alpha value is -2.04. The predicted molar refractivity (Wildman–Crippen MR) is 49.2 cm³/mol. The quantitative estimate of drug-likeness (QED) is 0.777. The lowest BCUT2D eigenvalue weighted by Crippen LogP contribution is -1.94. The van der Waals surface area contributed by atoms with E-state index in [9.17, 15) is 0 Å². The van der Waals surface area contributed by atoms with Crippen molar-refractivity contribution in [2.24, 2.45) is 7.05 Å². The van der Waals surface area contributed by atoms with Gasteiger partial charge in [-0.05, 0) is 24.3 Å². The molecular weight excluding hydrogens is 182 g/mol. The summed E-state index contributed by atoms with van der Waals surface area (Å²) in [5.74, 6) is 1.39. The van der Waals surface area contributed by atoms with Crippen LogP contribution in [-0.2, 0) is 7.05 Å². The third kappa shape index (κ3) is 1.66. The number of hydrogen-bond donors (Lipinski definition) is 1. The molecule has 0 radical (unpaired) electrons. The summed E-state index contributed by atoms with van der Waals surface area (Å²) < 4.78 is 6.95. The molecular formula is C9H9N3O2. The van der Waals surface area contributed by atoms with Gasteiger partial charge in [-0.25, -0.2) is 4.68 Å². The number of ether oxygens (including phenoxy) is 1. The molecule has 0 bridgehead atoms. The Morgan fingerprint density at radius 1 is 1.29 bits per heavy atom. The summed E-state index contributed by atoms with van der Waals surface area (Å²) in [7, 11) is 1.74. The molecule has 1 aromatic heterocycles. The minimum absolute atomic E-state index is 0.209. The zero-order valence-corrected chi connectivity index (χ0v) is 7.58. The second kappa shape index (κ2) is 3.37. The van der Waals surface area contributed by atoms with Crippen LogP contribution in [0.15, 0.2) is 30.5 Å². The highest BCUT2D eigenvalue weighted by Crippen LogP contribution is 2.21. The molecule has 0 saturated heterocycles. The number of hydrogen-bond acceptors (Lipinski definition) is 4. The van der Waals surface area contributed by atoms with Gasteiger partial charge in [-0.2, -0.15) is 0 Å². The number of aromatic hydroxyl groups is 1. The van der Waals surface area contributed by atoms with Gasteiger partial charge in [0.1, 0.15) is 17.7 Å². The first-order chi connectivity index (χ1) is 6.75. The molecule has 2 rings (SSSR count). The van der Waals surface area contributed by atoms with Crippen LogP contribution in [0.5, 0.6) is 17.4 Å². The van der Waals surface area contributed by atoms with Crippen LogP contribution < -0.4 is 4.74 Å². The van der Waals surface area contributed by atoms with E-state index in [0.717, 1.165) is 0 Å². The van der Waals surface area contributed by atoms with Crippen molar-refractivity contribution in [3.63, 3.8) is 0 Å². The van der Waals surface area contributed by atoms with E-state index < -0.39 is 0 Å².